The van der Waals surface area contributed by atoms with Crippen molar-refractivity contribution in [1.29, 1.82) is 0 Å². The highest BCUT2D eigenvalue weighted by Gasteiger charge is 2.03. The third-order valence-electron chi connectivity index (χ3n) is 2.73. The van der Waals surface area contributed by atoms with Crippen LogP contribution in [0.1, 0.15) is 25.3 Å². The Labute approximate surface area is 124 Å². The number of carbonyl (C=O) groups excluding carboxylic acids is 1. The smallest absolute Gasteiger partial charge is 0.220 e. The third-order valence-corrected chi connectivity index (χ3v) is 3.47. The summed E-state index contributed by atoms with van der Waals surface area (Å²) in [5.74, 6) is 0.0953. The Morgan fingerprint density at radius 3 is 2.68 bits per heavy atom. The number of hydrogen-bond acceptors (Lipinski definition) is 2. The lowest BCUT2D eigenvalue weighted by atomic mass is 10.1. The first-order chi connectivity index (χ1) is 9.13. The van der Waals surface area contributed by atoms with E-state index in [2.05, 4.69) is 10.6 Å². The Kier molecular flexibility index (Phi) is 7.87. The zero-order chi connectivity index (χ0) is 14.1. The summed E-state index contributed by atoms with van der Waals surface area (Å²) in [4.78, 5) is 11.5. The number of hydrogen-bond donors (Lipinski definition) is 2. The fourth-order valence-electron chi connectivity index (χ4n) is 1.70. The van der Waals surface area contributed by atoms with Crippen molar-refractivity contribution in [2.75, 3.05) is 19.6 Å². The summed E-state index contributed by atoms with van der Waals surface area (Å²) in [6.07, 6.45) is 2.18. The molecule has 0 atom stereocenters. The molecule has 0 aliphatic carbocycles. The molecule has 1 amide bonds. The molecule has 0 fully saturated rings. The van der Waals surface area contributed by atoms with Crippen LogP contribution in [0.2, 0.25) is 10.0 Å². The number of aryl methyl sites for hydroxylation is 1. The number of benzene rings is 1. The van der Waals surface area contributed by atoms with E-state index in [4.69, 9.17) is 23.2 Å². The van der Waals surface area contributed by atoms with E-state index < -0.39 is 0 Å². The van der Waals surface area contributed by atoms with Crippen LogP contribution < -0.4 is 10.6 Å². The second-order valence-corrected chi connectivity index (χ2v) is 5.12. The van der Waals surface area contributed by atoms with Crippen LogP contribution in [0.25, 0.3) is 0 Å². The largest absolute Gasteiger partial charge is 0.355 e. The molecule has 3 nitrogen and oxygen atoms in total. The average Bonchev–Trinajstić information content (AvgIpc) is 2.39. The van der Waals surface area contributed by atoms with Crippen LogP contribution in [-0.2, 0) is 11.2 Å². The molecular weight excluding hydrogens is 283 g/mol. The highest BCUT2D eigenvalue weighted by Crippen LogP contribution is 2.23. The number of carbonyl (C=O) groups is 1. The summed E-state index contributed by atoms with van der Waals surface area (Å²) in [5.41, 5.74) is 1.11. The van der Waals surface area contributed by atoms with Crippen LogP contribution in [0.5, 0.6) is 0 Å². The Morgan fingerprint density at radius 2 is 2.00 bits per heavy atom. The van der Waals surface area contributed by atoms with E-state index in [1.54, 1.807) is 6.07 Å². The molecule has 1 rings (SSSR count). The quantitative estimate of drug-likeness (QED) is 0.725. The van der Waals surface area contributed by atoms with Gasteiger partial charge in [0.1, 0.15) is 0 Å². The number of rotatable bonds is 8. The van der Waals surface area contributed by atoms with Gasteiger partial charge in [0.15, 0.2) is 0 Å². The van der Waals surface area contributed by atoms with Gasteiger partial charge >= 0.3 is 0 Å². The van der Waals surface area contributed by atoms with Crippen molar-refractivity contribution in [3.63, 3.8) is 0 Å². The van der Waals surface area contributed by atoms with Crippen molar-refractivity contribution in [2.24, 2.45) is 0 Å². The Bertz CT molecular complexity index is 410. The molecule has 0 radical (unpaired) electrons. The molecule has 106 valence electrons. The molecule has 2 N–H and O–H groups in total. The van der Waals surface area contributed by atoms with Crippen LogP contribution in [0.15, 0.2) is 18.2 Å². The molecule has 0 saturated carbocycles. The highest BCUT2D eigenvalue weighted by molar-refractivity contribution is 6.42. The van der Waals surface area contributed by atoms with Gasteiger partial charge in [-0.05, 0) is 37.1 Å². The van der Waals surface area contributed by atoms with Crippen LogP contribution in [0, 0.1) is 0 Å². The molecular formula is C14H20Cl2N2O. The van der Waals surface area contributed by atoms with Crippen LogP contribution in [0.4, 0.5) is 0 Å². The standard InChI is InChI=1S/C14H20Cl2N2O/c1-2-17-8-9-18-14(19)5-3-4-11-6-7-12(15)13(16)10-11/h6-7,10,17H,2-5,8-9H2,1H3,(H,18,19). The van der Waals surface area contributed by atoms with E-state index in [1.807, 2.05) is 19.1 Å². The number of amides is 1. The second kappa shape index (κ2) is 9.18. The summed E-state index contributed by atoms with van der Waals surface area (Å²) in [7, 11) is 0. The van der Waals surface area contributed by atoms with Crippen molar-refractivity contribution in [1.82, 2.24) is 10.6 Å². The molecule has 0 aromatic heterocycles. The predicted octanol–water partition coefficient (Wildman–Crippen LogP) is 3.04. The van der Waals surface area contributed by atoms with Gasteiger partial charge in [0.2, 0.25) is 5.91 Å². The molecule has 1 aromatic rings. The van der Waals surface area contributed by atoms with Gasteiger partial charge in [-0.25, -0.2) is 0 Å². The minimum Gasteiger partial charge on any atom is -0.355 e. The van der Waals surface area contributed by atoms with Crippen molar-refractivity contribution in [3.05, 3.63) is 33.8 Å². The van der Waals surface area contributed by atoms with Crippen LogP contribution >= 0.6 is 23.2 Å². The second-order valence-electron chi connectivity index (χ2n) is 4.31. The number of halogens is 2. The summed E-state index contributed by atoms with van der Waals surface area (Å²) < 4.78 is 0. The van der Waals surface area contributed by atoms with Gasteiger partial charge < -0.3 is 10.6 Å². The van der Waals surface area contributed by atoms with Crippen molar-refractivity contribution < 1.29 is 4.79 Å². The first-order valence-electron chi connectivity index (χ1n) is 6.54. The zero-order valence-electron chi connectivity index (χ0n) is 11.1. The van der Waals surface area contributed by atoms with Gasteiger partial charge in [0, 0.05) is 19.5 Å². The first kappa shape index (κ1) is 16.3. The topological polar surface area (TPSA) is 41.1 Å². The molecule has 0 saturated heterocycles. The summed E-state index contributed by atoms with van der Waals surface area (Å²) in [5, 5.41) is 7.16. The maximum Gasteiger partial charge on any atom is 0.220 e. The van der Waals surface area contributed by atoms with E-state index in [1.165, 1.54) is 0 Å². The lowest BCUT2D eigenvalue weighted by Gasteiger charge is -2.06. The summed E-state index contributed by atoms with van der Waals surface area (Å²) >= 11 is 11.8. The SMILES string of the molecule is CCNCCNC(=O)CCCc1ccc(Cl)c(Cl)c1. The van der Waals surface area contributed by atoms with Gasteiger partial charge in [0.05, 0.1) is 10.0 Å². The predicted molar refractivity (Wildman–Crippen MR) is 81.0 cm³/mol. The third kappa shape index (κ3) is 6.81. The number of likely N-dealkylation sites (N-methyl/N-ethyl adjacent to an activating group) is 1. The van der Waals surface area contributed by atoms with Crippen molar-refractivity contribution >= 4 is 29.1 Å². The molecule has 0 bridgehead atoms. The van der Waals surface area contributed by atoms with Crippen LogP contribution in [-0.4, -0.2) is 25.5 Å². The van der Waals surface area contributed by atoms with Gasteiger partial charge in [-0.2, -0.15) is 0 Å². The van der Waals surface area contributed by atoms with Crippen molar-refractivity contribution in [3.8, 4) is 0 Å². The monoisotopic (exact) mass is 302 g/mol. The van der Waals surface area contributed by atoms with Crippen molar-refractivity contribution in [2.45, 2.75) is 26.2 Å². The first-order valence-corrected chi connectivity index (χ1v) is 7.30. The lowest BCUT2D eigenvalue weighted by molar-refractivity contribution is -0.121. The highest BCUT2D eigenvalue weighted by atomic mass is 35.5. The molecule has 1 aromatic carbocycles. The molecule has 0 spiro atoms. The minimum atomic E-state index is 0.0953. The average molecular weight is 303 g/mol. The molecule has 0 aliphatic rings. The summed E-state index contributed by atoms with van der Waals surface area (Å²) in [6.45, 7) is 4.46. The fraction of sp³-hybridized carbons (Fsp3) is 0.500. The normalized spacial score (nSPS) is 10.5. The van der Waals surface area contributed by atoms with Gasteiger partial charge in [-0.1, -0.05) is 36.2 Å². The van der Waals surface area contributed by atoms with Gasteiger partial charge in [-0.3, -0.25) is 4.79 Å². The molecule has 19 heavy (non-hydrogen) atoms. The van der Waals surface area contributed by atoms with Gasteiger partial charge in [-0.15, -0.1) is 0 Å². The fourth-order valence-corrected chi connectivity index (χ4v) is 2.02. The van der Waals surface area contributed by atoms with Gasteiger partial charge in [0.25, 0.3) is 0 Å². The lowest BCUT2D eigenvalue weighted by Crippen LogP contribution is -2.31. The Morgan fingerprint density at radius 1 is 1.21 bits per heavy atom. The van der Waals surface area contributed by atoms with E-state index in [-0.39, 0.29) is 5.91 Å². The maximum atomic E-state index is 11.5. The zero-order valence-corrected chi connectivity index (χ0v) is 12.7. The number of nitrogens with one attached hydrogen (secondary N) is 2. The minimum absolute atomic E-state index is 0.0953. The van der Waals surface area contributed by atoms with E-state index in [9.17, 15) is 4.79 Å². The molecule has 0 heterocycles. The summed E-state index contributed by atoms with van der Waals surface area (Å²) in [6, 6.07) is 5.58. The van der Waals surface area contributed by atoms with Crippen LogP contribution in [0.3, 0.4) is 0 Å². The maximum absolute atomic E-state index is 11.5. The Hall–Kier alpha value is -0.770. The Balaban J connectivity index is 2.18. The van der Waals surface area contributed by atoms with E-state index >= 15 is 0 Å². The van der Waals surface area contributed by atoms with E-state index in [0.717, 1.165) is 31.5 Å². The van der Waals surface area contributed by atoms with E-state index in [0.29, 0.717) is 23.0 Å². The molecule has 0 unspecified atom stereocenters. The molecule has 5 heteroatoms. The molecule has 0 aliphatic heterocycles.